The van der Waals surface area contributed by atoms with Gasteiger partial charge in [-0.15, -0.1) is 35.4 Å². The van der Waals surface area contributed by atoms with E-state index in [-0.39, 0.29) is 31.4 Å². The van der Waals surface area contributed by atoms with Gasteiger partial charge in [-0.25, -0.2) is 0 Å². The number of rotatable bonds is 11. The SMILES string of the molecule is CCC(CC)C(=O)/C=C(\[N-]C1CCCCC1)C(CC)CC.Cc1cc(C)c2c(C)cc(-c3[c-]ccc4c3C(C)(C)c3c-4oc4ccc(C(C)C)cc34)nc2c1.[Ir]. The molecule has 3 aromatic carbocycles. The summed E-state index contributed by atoms with van der Waals surface area (Å²) in [4.78, 5) is 17.6. The van der Waals surface area contributed by atoms with E-state index in [0.29, 0.717) is 23.7 Å². The Bertz CT molecular complexity index is 2190. The van der Waals surface area contributed by atoms with Crippen LogP contribution in [-0.2, 0) is 30.3 Å². The second-order valence-electron chi connectivity index (χ2n) is 17.2. The number of aromatic nitrogens is 1. The van der Waals surface area contributed by atoms with Crippen molar-refractivity contribution in [2.45, 2.75) is 151 Å². The number of furan rings is 1. The molecule has 0 bridgehead atoms. The number of allylic oxidation sites excluding steroid dienone is 2. The minimum atomic E-state index is -0.217. The maximum atomic E-state index is 12.5. The van der Waals surface area contributed by atoms with E-state index >= 15 is 0 Å². The van der Waals surface area contributed by atoms with Crippen molar-refractivity contribution >= 4 is 27.7 Å². The zero-order valence-electron chi connectivity index (χ0n) is 35.9. The molecule has 1 saturated carbocycles. The number of pyridine rings is 1. The van der Waals surface area contributed by atoms with Crippen molar-refractivity contribution in [3.05, 3.63) is 105 Å². The molecular formula is C51H64IrN2O2-2. The predicted molar refractivity (Wildman–Crippen MR) is 233 cm³/mol. The summed E-state index contributed by atoms with van der Waals surface area (Å²) in [5.41, 5.74) is 13.8. The number of fused-ring (bicyclic) bond motifs is 6. The Morgan fingerprint density at radius 3 is 2.20 bits per heavy atom. The summed E-state index contributed by atoms with van der Waals surface area (Å²) in [6, 6.07) is 21.5. The number of carbonyl (C=O) groups is 1. The van der Waals surface area contributed by atoms with Gasteiger partial charge in [-0.3, -0.25) is 9.78 Å². The summed E-state index contributed by atoms with van der Waals surface area (Å²) in [5.74, 6) is 2.39. The van der Waals surface area contributed by atoms with Gasteiger partial charge in [-0.05, 0) is 103 Å². The molecule has 0 N–H and O–H groups in total. The molecule has 2 aliphatic rings. The molecule has 4 nitrogen and oxygen atoms in total. The van der Waals surface area contributed by atoms with Crippen molar-refractivity contribution in [3.8, 4) is 22.6 Å². The van der Waals surface area contributed by atoms with Crippen LogP contribution in [0.1, 0.15) is 152 Å². The standard InChI is InChI=1S/C32H30NO.C19H35NO.Ir/c1-17(2)21-11-12-27-24(16-21)30-31(34-27)23-10-8-9-22(29(23)32(30,6)7)25-15-20(5)28-19(4)13-18(3)14-26(28)33-25;1-5-15(6-2)18(14-19(21)16(7-3)8-4)20-17-12-10-9-11-13-17;/h8,10-17H,1-7H3;14-17H,5-13H2,1-4H3,(H,20,21);/q-1;;/p-1. The van der Waals surface area contributed by atoms with Crippen molar-refractivity contribution in [1.29, 1.82) is 0 Å². The van der Waals surface area contributed by atoms with Crippen LogP contribution in [0.25, 0.3) is 49.8 Å². The molecule has 56 heavy (non-hydrogen) atoms. The third kappa shape index (κ3) is 8.65. The van der Waals surface area contributed by atoms with Crippen LogP contribution in [0.2, 0.25) is 0 Å². The summed E-state index contributed by atoms with van der Waals surface area (Å²) in [6.45, 7) is 24.2. The molecule has 0 atom stereocenters. The first kappa shape index (κ1) is 43.6. The fourth-order valence-corrected chi connectivity index (χ4v) is 9.41. The van der Waals surface area contributed by atoms with E-state index in [0.717, 1.165) is 65.1 Å². The Hall–Kier alpha value is -3.53. The number of carbonyl (C=O) groups excluding carboxylic acids is 1. The van der Waals surface area contributed by atoms with E-state index in [1.165, 1.54) is 76.3 Å². The van der Waals surface area contributed by atoms with Crippen molar-refractivity contribution < 1.29 is 29.3 Å². The largest absolute Gasteiger partial charge is 0.685 e. The van der Waals surface area contributed by atoms with Gasteiger partial charge in [0.2, 0.25) is 0 Å². The molecular weight excluding hydrogens is 865 g/mol. The smallest absolute Gasteiger partial charge is 0.157 e. The zero-order chi connectivity index (χ0) is 39.6. The maximum absolute atomic E-state index is 12.5. The third-order valence-electron chi connectivity index (χ3n) is 12.6. The monoisotopic (exact) mass is 929 g/mol. The second kappa shape index (κ2) is 18.4. The first-order valence-corrected chi connectivity index (χ1v) is 21.3. The van der Waals surface area contributed by atoms with Gasteiger partial charge in [-0.1, -0.05) is 124 Å². The molecule has 2 aromatic heterocycles. The van der Waals surface area contributed by atoms with Gasteiger partial charge < -0.3 is 9.73 Å². The Morgan fingerprint density at radius 2 is 1.55 bits per heavy atom. The first-order chi connectivity index (χ1) is 26.3. The summed E-state index contributed by atoms with van der Waals surface area (Å²) in [6.07, 6.45) is 12.3. The average Bonchev–Trinajstić information content (AvgIpc) is 3.65. The molecule has 0 unspecified atom stereocenters. The Morgan fingerprint density at radius 1 is 0.893 bits per heavy atom. The van der Waals surface area contributed by atoms with Crippen LogP contribution in [0.15, 0.2) is 64.7 Å². The maximum Gasteiger partial charge on any atom is 0.157 e. The van der Waals surface area contributed by atoms with Gasteiger partial charge in [0.1, 0.15) is 11.3 Å². The van der Waals surface area contributed by atoms with Crippen molar-refractivity contribution in [3.63, 3.8) is 0 Å². The van der Waals surface area contributed by atoms with E-state index in [1.54, 1.807) is 0 Å². The number of aryl methyl sites for hydroxylation is 3. The molecule has 0 aliphatic heterocycles. The van der Waals surface area contributed by atoms with E-state index in [2.05, 4.69) is 125 Å². The predicted octanol–water partition coefficient (Wildman–Crippen LogP) is 14.8. The zero-order valence-corrected chi connectivity index (χ0v) is 38.3. The molecule has 1 fully saturated rings. The van der Waals surface area contributed by atoms with Crippen LogP contribution < -0.4 is 0 Å². The van der Waals surface area contributed by atoms with Crippen LogP contribution >= 0.6 is 0 Å². The topological polar surface area (TPSA) is 57.2 Å². The molecule has 2 aliphatic carbocycles. The Kier molecular flexibility index (Phi) is 14.3. The van der Waals surface area contributed by atoms with E-state index in [9.17, 15) is 4.79 Å². The summed E-state index contributed by atoms with van der Waals surface area (Å²) >= 11 is 0. The third-order valence-corrected chi connectivity index (χ3v) is 12.6. The van der Waals surface area contributed by atoms with Gasteiger partial charge in [-0.2, -0.15) is 5.70 Å². The van der Waals surface area contributed by atoms with Crippen LogP contribution in [0, 0.1) is 38.7 Å². The molecule has 301 valence electrons. The Balaban J connectivity index is 0.000000237. The molecule has 0 saturated heterocycles. The van der Waals surface area contributed by atoms with Crippen molar-refractivity contribution in [1.82, 2.24) is 4.98 Å². The van der Waals surface area contributed by atoms with Crippen LogP contribution in [0.4, 0.5) is 0 Å². The van der Waals surface area contributed by atoms with E-state index in [4.69, 9.17) is 14.7 Å². The molecule has 0 amide bonds. The van der Waals surface area contributed by atoms with Crippen LogP contribution in [0.5, 0.6) is 0 Å². The Labute approximate surface area is 351 Å². The number of ketones is 1. The quantitative estimate of drug-likeness (QED) is 0.0979. The van der Waals surface area contributed by atoms with Gasteiger partial charge >= 0.3 is 0 Å². The first-order valence-electron chi connectivity index (χ1n) is 21.3. The fourth-order valence-electron chi connectivity index (χ4n) is 9.41. The second-order valence-corrected chi connectivity index (χ2v) is 17.2. The number of hydrogen-bond acceptors (Lipinski definition) is 3. The van der Waals surface area contributed by atoms with Gasteiger partial charge in [0.05, 0.1) is 5.52 Å². The molecule has 1 radical (unpaired) electrons. The van der Waals surface area contributed by atoms with Gasteiger partial charge in [0.15, 0.2) is 5.78 Å². The number of hydrogen-bond donors (Lipinski definition) is 0. The normalized spacial score (nSPS) is 15.2. The number of nitrogens with zero attached hydrogens (tertiary/aromatic N) is 2. The average molecular weight is 929 g/mol. The summed E-state index contributed by atoms with van der Waals surface area (Å²) in [5, 5.41) is 7.48. The van der Waals surface area contributed by atoms with E-state index in [1.807, 2.05) is 12.1 Å². The molecule has 0 spiro atoms. The summed E-state index contributed by atoms with van der Waals surface area (Å²) < 4.78 is 6.49. The van der Waals surface area contributed by atoms with Crippen LogP contribution in [0.3, 0.4) is 0 Å². The van der Waals surface area contributed by atoms with Crippen molar-refractivity contribution in [2.75, 3.05) is 0 Å². The van der Waals surface area contributed by atoms with Crippen molar-refractivity contribution in [2.24, 2.45) is 11.8 Å². The van der Waals surface area contributed by atoms with Crippen LogP contribution in [-0.4, -0.2) is 16.8 Å². The minimum absolute atomic E-state index is 0. The molecule has 5 aromatic rings. The fraction of sp³-hybridized carbons (Fsp3) is 0.490. The van der Waals surface area contributed by atoms with Gasteiger partial charge in [0.25, 0.3) is 0 Å². The summed E-state index contributed by atoms with van der Waals surface area (Å²) in [7, 11) is 0. The van der Waals surface area contributed by atoms with E-state index < -0.39 is 0 Å². The van der Waals surface area contributed by atoms with Gasteiger partial charge in [0, 0.05) is 42.4 Å². The molecule has 5 heteroatoms. The molecule has 7 rings (SSSR count). The number of benzene rings is 3. The molecule has 2 heterocycles. The minimum Gasteiger partial charge on any atom is -0.685 e.